The zero-order chi connectivity index (χ0) is 16.4. The summed E-state index contributed by atoms with van der Waals surface area (Å²) in [5, 5.41) is 0. The van der Waals surface area contributed by atoms with E-state index in [1.54, 1.807) is 12.1 Å². The van der Waals surface area contributed by atoms with Crippen LogP contribution < -0.4 is 4.90 Å². The monoisotopic (exact) mass is 315 g/mol. The third kappa shape index (κ3) is 3.67. The lowest BCUT2D eigenvalue weighted by Gasteiger charge is -2.36. The molecule has 1 fully saturated rings. The quantitative estimate of drug-likeness (QED) is 0.867. The summed E-state index contributed by atoms with van der Waals surface area (Å²) >= 11 is 0. The van der Waals surface area contributed by atoms with Crippen molar-refractivity contribution >= 4 is 5.82 Å². The molecule has 0 radical (unpaired) electrons. The number of hydrogen-bond acceptors (Lipinski definition) is 4. The average molecular weight is 315 g/mol. The van der Waals surface area contributed by atoms with E-state index in [0.29, 0.717) is 12.6 Å². The van der Waals surface area contributed by atoms with Crippen LogP contribution in [0.25, 0.3) is 0 Å². The van der Waals surface area contributed by atoms with Gasteiger partial charge in [-0.15, -0.1) is 0 Å². The minimum Gasteiger partial charge on any atom is -0.373 e. The Bertz CT molecular complexity index is 654. The molecule has 0 N–H and O–H groups in total. The first-order chi connectivity index (χ1) is 11.0. The van der Waals surface area contributed by atoms with E-state index in [2.05, 4.69) is 21.9 Å². The zero-order valence-electron chi connectivity index (χ0n) is 13.8. The van der Waals surface area contributed by atoms with Gasteiger partial charge in [0.15, 0.2) is 0 Å². The van der Waals surface area contributed by atoms with Gasteiger partial charge < -0.3 is 9.64 Å². The number of halogens is 1. The first-order valence-electron chi connectivity index (χ1n) is 7.95. The highest BCUT2D eigenvalue weighted by Gasteiger charge is 2.27. The van der Waals surface area contributed by atoms with Crippen LogP contribution in [0.3, 0.4) is 0 Å². The van der Waals surface area contributed by atoms with Crippen molar-refractivity contribution in [3.05, 3.63) is 53.2 Å². The number of aromatic nitrogens is 2. The number of benzene rings is 1. The van der Waals surface area contributed by atoms with E-state index in [0.717, 1.165) is 35.7 Å². The summed E-state index contributed by atoms with van der Waals surface area (Å²) in [5.74, 6) is 1.51. The van der Waals surface area contributed by atoms with Crippen LogP contribution in [0.1, 0.15) is 36.0 Å². The molecule has 1 aliphatic heterocycles. The number of hydrogen-bond donors (Lipinski definition) is 0. The molecule has 0 saturated carbocycles. The summed E-state index contributed by atoms with van der Waals surface area (Å²) in [5.41, 5.74) is 2.00. The molecule has 1 aromatic heterocycles. The molecule has 5 heteroatoms. The highest BCUT2D eigenvalue weighted by Crippen LogP contribution is 2.31. The first kappa shape index (κ1) is 15.9. The second-order valence-corrected chi connectivity index (χ2v) is 6.11. The second kappa shape index (κ2) is 6.62. The standard InChI is InChI=1S/C18H22FN3O/c1-12-10-18(21-13(2)20-12)22(3)16-8-9-23-17(11-16)14-4-6-15(19)7-5-14/h4-7,10,16-17H,8-9,11H2,1-3H3. The van der Waals surface area contributed by atoms with Crippen LogP contribution in [0.15, 0.2) is 30.3 Å². The Morgan fingerprint density at radius 3 is 2.61 bits per heavy atom. The number of anilines is 1. The van der Waals surface area contributed by atoms with Crippen molar-refractivity contribution in [2.75, 3.05) is 18.6 Å². The molecular weight excluding hydrogens is 293 g/mol. The predicted molar refractivity (Wildman–Crippen MR) is 88.0 cm³/mol. The topological polar surface area (TPSA) is 38.2 Å². The minimum atomic E-state index is -0.217. The molecule has 23 heavy (non-hydrogen) atoms. The molecule has 2 unspecified atom stereocenters. The van der Waals surface area contributed by atoms with Gasteiger partial charge in [0.2, 0.25) is 0 Å². The minimum absolute atomic E-state index is 0.000770. The van der Waals surface area contributed by atoms with E-state index >= 15 is 0 Å². The molecule has 0 bridgehead atoms. The third-order valence-corrected chi connectivity index (χ3v) is 4.36. The fourth-order valence-corrected chi connectivity index (χ4v) is 3.11. The molecule has 3 rings (SSSR count). The van der Waals surface area contributed by atoms with Crippen molar-refractivity contribution in [1.29, 1.82) is 0 Å². The lowest BCUT2D eigenvalue weighted by atomic mass is 9.96. The highest BCUT2D eigenvalue weighted by molar-refractivity contribution is 5.40. The molecule has 1 saturated heterocycles. The molecule has 2 aromatic rings. The molecule has 122 valence electrons. The molecular formula is C18H22FN3O. The first-order valence-corrected chi connectivity index (χ1v) is 7.95. The van der Waals surface area contributed by atoms with Gasteiger partial charge in [-0.05, 0) is 44.4 Å². The van der Waals surface area contributed by atoms with E-state index in [4.69, 9.17) is 4.74 Å². The molecule has 2 atom stereocenters. The van der Waals surface area contributed by atoms with Gasteiger partial charge >= 0.3 is 0 Å². The molecule has 0 spiro atoms. The smallest absolute Gasteiger partial charge is 0.132 e. The van der Waals surface area contributed by atoms with E-state index in [9.17, 15) is 4.39 Å². The molecule has 4 nitrogen and oxygen atoms in total. The number of nitrogens with zero attached hydrogens (tertiary/aromatic N) is 3. The van der Waals surface area contributed by atoms with E-state index < -0.39 is 0 Å². The zero-order valence-corrected chi connectivity index (χ0v) is 13.8. The SMILES string of the molecule is Cc1cc(N(C)C2CCOC(c3ccc(F)cc3)C2)nc(C)n1. The van der Waals surface area contributed by atoms with Gasteiger partial charge in [-0.2, -0.15) is 0 Å². The maximum absolute atomic E-state index is 13.1. The molecule has 2 heterocycles. The Balaban J connectivity index is 1.76. The van der Waals surface area contributed by atoms with Crippen LogP contribution in [0, 0.1) is 19.7 Å². The summed E-state index contributed by atoms with van der Waals surface area (Å²) in [7, 11) is 2.07. The van der Waals surface area contributed by atoms with Gasteiger partial charge in [0.05, 0.1) is 6.10 Å². The van der Waals surface area contributed by atoms with Crippen molar-refractivity contribution < 1.29 is 9.13 Å². The second-order valence-electron chi connectivity index (χ2n) is 6.11. The van der Waals surface area contributed by atoms with Crippen LogP contribution in [0.5, 0.6) is 0 Å². The highest BCUT2D eigenvalue weighted by atomic mass is 19.1. The fourth-order valence-electron chi connectivity index (χ4n) is 3.11. The van der Waals surface area contributed by atoms with E-state index in [1.807, 2.05) is 19.9 Å². The lowest BCUT2D eigenvalue weighted by molar-refractivity contribution is 0.00579. The maximum atomic E-state index is 13.1. The van der Waals surface area contributed by atoms with Gasteiger partial charge in [-0.1, -0.05) is 12.1 Å². The van der Waals surface area contributed by atoms with E-state index in [1.165, 1.54) is 12.1 Å². The Morgan fingerprint density at radius 2 is 1.91 bits per heavy atom. The summed E-state index contributed by atoms with van der Waals surface area (Å²) in [6.07, 6.45) is 1.82. The Hall–Kier alpha value is -2.01. The Kier molecular flexibility index (Phi) is 4.57. The predicted octanol–water partition coefficient (Wildman–Crippen LogP) is 3.59. The van der Waals surface area contributed by atoms with Gasteiger partial charge in [0.25, 0.3) is 0 Å². The lowest BCUT2D eigenvalue weighted by Crippen LogP contribution is -2.38. The third-order valence-electron chi connectivity index (χ3n) is 4.36. The summed E-state index contributed by atoms with van der Waals surface area (Å²) in [4.78, 5) is 11.1. The van der Waals surface area contributed by atoms with Crippen molar-refractivity contribution in [2.45, 2.75) is 38.8 Å². The van der Waals surface area contributed by atoms with Crippen LogP contribution in [-0.4, -0.2) is 29.7 Å². The van der Waals surface area contributed by atoms with Crippen LogP contribution >= 0.6 is 0 Å². The van der Waals surface area contributed by atoms with Gasteiger partial charge in [-0.3, -0.25) is 0 Å². The maximum Gasteiger partial charge on any atom is 0.132 e. The molecule has 1 aliphatic rings. The summed E-state index contributed by atoms with van der Waals surface area (Å²) in [6, 6.07) is 8.94. The number of rotatable bonds is 3. The van der Waals surface area contributed by atoms with E-state index in [-0.39, 0.29) is 11.9 Å². The summed E-state index contributed by atoms with van der Waals surface area (Å²) < 4.78 is 19.0. The molecule has 0 aliphatic carbocycles. The average Bonchev–Trinajstić information content (AvgIpc) is 2.54. The normalized spacial score (nSPS) is 21.2. The molecule has 1 aromatic carbocycles. The number of ether oxygens (including phenoxy) is 1. The largest absolute Gasteiger partial charge is 0.373 e. The van der Waals surface area contributed by atoms with Gasteiger partial charge in [0.1, 0.15) is 17.5 Å². The van der Waals surface area contributed by atoms with Crippen molar-refractivity contribution in [1.82, 2.24) is 9.97 Å². The van der Waals surface area contributed by atoms with Crippen LogP contribution in [-0.2, 0) is 4.74 Å². The Morgan fingerprint density at radius 1 is 1.17 bits per heavy atom. The number of aryl methyl sites for hydroxylation is 2. The van der Waals surface area contributed by atoms with Gasteiger partial charge in [0, 0.05) is 31.5 Å². The fraction of sp³-hybridized carbons (Fsp3) is 0.444. The summed E-state index contributed by atoms with van der Waals surface area (Å²) in [6.45, 7) is 4.59. The van der Waals surface area contributed by atoms with Gasteiger partial charge in [-0.25, -0.2) is 14.4 Å². The van der Waals surface area contributed by atoms with Crippen molar-refractivity contribution in [2.24, 2.45) is 0 Å². The Labute approximate surface area is 136 Å². The van der Waals surface area contributed by atoms with Crippen molar-refractivity contribution in [3.8, 4) is 0 Å². The van der Waals surface area contributed by atoms with Crippen LogP contribution in [0.2, 0.25) is 0 Å². The van der Waals surface area contributed by atoms with Crippen LogP contribution in [0.4, 0.5) is 10.2 Å². The molecule has 0 amide bonds. The van der Waals surface area contributed by atoms with Crippen molar-refractivity contribution in [3.63, 3.8) is 0 Å².